The second kappa shape index (κ2) is 6.94. The average molecular weight is 290 g/mol. The lowest BCUT2D eigenvalue weighted by molar-refractivity contribution is -0.133. The van der Waals surface area contributed by atoms with Gasteiger partial charge in [-0.25, -0.2) is 0 Å². The number of rotatable bonds is 5. The fourth-order valence-electron chi connectivity index (χ4n) is 2.66. The molecule has 0 spiro atoms. The van der Waals surface area contributed by atoms with Crippen molar-refractivity contribution < 1.29 is 9.53 Å². The quantitative estimate of drug-likeness (QED) is 0.905. The molecular formula is C17H26N2O2. The van der Waals surface area contributed by atoms with Gasteiger partial charge in [-0.05, 0) is 43.0 Å². The SMILES string of the molecule is Cc1ccc(C(C)C)c(OCC(=O)N(C)C2CCNC2)c1. The predicted octanol–water partition coefficient (Wildman–Crippen LogP) is 2.32. The maximum absolute atomic E-state index is 12.2. The first-order valence-corrected chi connectivity index (χ1v) is 7.68. The third-order valence-corrected chi connectivity index (χ3v) is 4.12. The third kappa shape index (κ3) is 3.97. The van der Waals surface area contributed by atoms with Crippen LogP contribution >= 0.6 is 0 Å². The highest BCUT2D eigenvalue weighted by Gasteiger charge is 2.23. The van der Waals surface area contributed by atoms with E-state index in [4.69, 9.17) is 4.74 Å². The summed E-state index contributed by atoms with van der Waals surface area (Å²) < 4.78 is 5.81. The standard InChI is InChI=1S/C17H26N2O2/c1-12(2)15-6-5-13(3)9-16(15)21-11-17(20)19(4)14-7-8-18-10-14/h5-6,9,12,14,18H,7-8,10-11H2,1-4H3. The lowest BCUT2D eigenvalue weighted by Gasteiger charge is -2.24. The molecule has 1 heterocycles. The van der Waals surface area contributed by atoms with Gasteiger partial charge in [-0.1, -0.05) is 26.0 Å². The van der Waals surface area contributed by atoms with Crippen molar-refractivity contribution in [2.75, 3.05) is 26.7 Å². The van der Waals surface area contributed by atoms with E-state index in [2.05, 4.69) is 31.3 Å². The molecule has 1 aromatic carbocycles. The van der Waals surface area contributed by atoms with Crippen molar-refractivity contribution in [3.8, 4) is 5.75 Å². The highest BCUT2D eigenvalue weighted by Crippen LogP contribution is 2.27. The lowest BCUT2D eigenvalue weighted by Crippen LogP contribution is -2.41. The number of carbonyl (C=O) groups is 1. The summed E-state index contributed by atoms with van der Waals surface area (Å²) in [5.41, 5.74) is 2.30. The van der Waals surface area contributed by atoms with Gasteiger partial charge < -0.3 is 15.0 Å². The highest BCUT2D eigenvalue weighted by molar-refractivity contribution is 5.78. The Morgan fingerprint density at radius 1 is 1.48 bits per heavy atom. The summed E-state index contributed by atoms with van der Waals surface area (Å²) in [6.07, 6.45) is 1.02. The van der Waals surface area contributed by atoms with Gasteiger partial charge in [0, 0.05) is 19.6 Å². The second-order valence-electron chi connectivity index (χ2n) is 6.14. The molecule has 1 aliphatic heterocycles. The molecule has 0 aliphatic carbocycles. The highest BCUT2D eigenvalue weighted by atomic mass is 16.5. The van der Waals surface area contributed by atoms with E-state index in [1.54, 1.807) is 0 Å². The van der Waals surface area contributed by atoms with E-state index in [0.29, 0.717) is 12.0 Å². The Morgan fingerprint density at radius 2 is 2.24 bits per heavy atom. The molecule has 1 saturated heterocycles. The smallest absolute Gasteiger partial charge is 0.260 e. The minimum atomic E-state index is 0.0416. The van der Waals surface area contributed by atoms with E-state index < -0.39 is 0 Å². The molecule has 116 valence electrons. The minimum Gasteiger partial charge on any atom is -0.483 e. The van der Waals surface area contributed by atoms with Crippen LogP contribution in [0.15, 0.2) is 18.2 Å². The Hall–Kier alpha value is -1.55. The Kier molecular flexibility index (Phi) is 5.23. The van der Waals surface area contributed by atoms with Crippen molar-refractivity contribution in [3.05, 3.63) is 29.3 Å². The summed E-state index contributed by atoms with van der Waals surface area (Å²) in [5, 5.41) is 3.28. The van der Waals surface area contributed by atoms with E-state index in [9.17, 15) is 4.79 Å². The van der Waals surface area contributed by atoms with Crippen LogP contribution in [0.2, 0.25) is 0 Å². The summed E-state index contributed by atoms with van der Waals surface area (Å²) in [6.45, 7) is 8.28. The van der Waals surface area contributed by atoms with Crippen molar-refractivity contribution in [1.82, 2.24) is 10.2 Å². The minimum absolute atomic E-state index is 0.0416. The Labute approximate surface area is 127 Å². The fraction of sp³-hybridized carbons (Fsp3) is 0.588. The van der Waals surface area contributed by atoms with Gasteiger partial charge in [0.25, 0.3) is 5.91 Å². The van der Waals surface area contributed by atoms with Gasteiger partial charge in [0.2, 0.25) is 0 Å². The average Bonchev–Trinajstić information content (AvgIpc) is 2.97. The number of nitrogens with one attached hydrogen (secondary N) is 1. The molecule has 1 aliphatic rings. The van der Waals surface area contributed by atoms with Crippen LogP contribution in [0.3, 0.4) is 0 Å². The van der Waals surface area contributed by atoms with Gasteiger partial charge in [-0.3, -0.25) is 4.79 Å². The molecule has 0 saturated carbocycles. The molecule has 1 fully saturated rings. The van der Waals surface area contributed by atoms with Crippen LogP contribution in [0.1, 0.15) is 37.3 Å². The van der Waals surface area contributed by atoms with Gasteiger partial charge in [-0.15, -0.1) is 0 Å². The zero-order valence-corrected chi connectivity index (χ0v) is 13.5. The Balaban J connectivity index is 1.98. The fourth-order valence-corrected chi connectivity index (χ4v) is 2.66. The van der Waals surface area contributed by atoms with E-state index in [0.717, 1.165) is 36.4 Å². The second-order valence-corrected chi connectivity index (χ2v) is 6.14. The Morgan fingerprint density at radius 3 is 2.86 bits per heavy atom. The van der Waals surface area contributed by atoms with Gasteiger partial charge in [-0.2, -0.15) is 0 Å². The van der Waals surface area contributed by atoms with Crippen molar-refractivity contribution in [2.45, 2.75) is 39.2 Å². The van der Waals surface area contributed by atoms with Crippen molar-refractivity contribution in [3.63, 3.8) is 0 Å². The van der Waals surface area contributed by atoms with E-state index >= 15 is 0 Å². The molecule has 1 aromatic rings. The predicted molar refractivity (Wildman–Crippen MR) is 84.8 cm³/mol. The molecule has 2 rings (SSSR count). The van der Waals surface area contributed by atoms with Gasteiger partial charge in [0.05, 0.1) is 0 Å². The first-order valence-electron chi connectivity index (χ1n) is 7.68. The molecule has 1 N–H and O–H groups in total. The molecule has 1 unspecified atom stereocenters. The molecule has 1 atom stereocenters. The van der Waals surface area contributed by atoms with Crippen molar-refractivity contribution in [1.29, 1.82) is 0 Å². The maximum atomic E-state index is 12.2. The molecule has 4 heteroatoms. The van der Waals surface area contributed by atoms with Crippen LogP contribution in [0.25, 0.3) is 0 Å². The Bertz CT molecular complexity index is 494. The van der Waals surface area contributed by atoms with E-state index in [1.165, 1.54) is 0 Å². The number of aryl methyl sites for hydroxylation is 1. The summed E-state index contributed by atoms with van der Waals surface area (Å²) in [5.74, 6) is 1.25. The molecule has 0 aromatic heterocycles. The van der Waals surface area contributed by atoms with Crippen LogP contribution in [-0.2, 0) is 4.79 Å². The monoisotopic (exact) mass is 290 g/mol. The van der Waals surface area contributed by atoms with Crippen LogP contribution in [0.5, 0.6) is 5.75 Å². The number of hydrogen-bond donors (Lipinski definition) is 1. The molecule has 1 amide bonds. The van der Waals surface area contributed by atoms with Gasteiger partial charge in [0.15, 0.2) is 6.61 Å². The largest absolute Gasteiger partial charge is 0.483 e. The number of benzene rings is 1. The van der Waals surface area contributed by atoms with Crippen LogP contribution in [0.4, 0.5) is 0 Å². The number of nitrogens with zero attached hydrogens (tertiary/aromatic N) is 1. The summed E-state index contributed by atoms with van der Waals surface area (Å²) in [6, 6.07) is 6.48. The molecule has 4 nitrogen and oxygen atoms in total. The number of likely N-dealkylation sites (N-methyl/N-ethyl adjacent to an activating group) is 1. The van der Waals surface area contributed by atoms with E-state index in [1.807, 2.05) is 24.9 Å². The number of amides is 1. The molecule has 0 bridgehead atoms. The molecular weight excluding hydrogens is 264 g/mol. The molecule has 0 radical (unpaired) electrons. The number of hydrogen-bond acceptors (Lipinski definition) is 3. The third-order valence-electron chi connectivity index (χ3n) is 4.12. The van der Waals surface area contributed by atoms with Gasteiger partial charge >= 0.3 is 0 Å². The molecule has 21 heavy (non-hydrogen) atoms. The number of carbonyl (C=O) groups excluding carboxylic acids is 1. The summed E-state index contributed by atoms with van der Waals surface area (Å²) >= 11 is 0. The van der Waals surface area contributed by atoms with Crippen LogP contribution in [0, 0.1) is 6.92 Å². The first kappa shape index (κ1) is 15.8. The number of ether oxygens (including phenoxy) is 1. The van der Waals surface area contributed by atoms with Crippen molar-refractivity contribution >= 4 is 5.91 Å². The first-order chi connectivity index (χ1) is 9.99. The van der Waals surface area contributed by atoms with Crippen LogP contribution in [-0.4, -0.2) is 43.6 Å². The van der Waals surface area contributed by atoms with E-state index in [-0.39, 0.29) is 12.5 Å². The zero-order chi connectivity index (χ0) is 15.4. The van der Waals surface area contributed by atoms with Gasteiger partial charge in [0.1, 0.15) is 5.75 Å². The van der Waals surface area contributed by atoms with Crippen LogP contribution < -0.4 is 10.1 Å². The van der Waals surface area contributed by atoms with Crippen molar-refractivity contribution in [2.24, 2.45) is 0 Å². The zero-order valence-electron chi connectivity index (χ0n) is 13.5. The summed E-state index contributed by atoms with van der Waals surface area (Å²) in [4.78, 5) is 14.1. The maximum Gasteiger partial charge on any atom is 0.260 e. The normalized spacial score (nSPS) is 18.0. The lowest BCUT2D eigenvalue weighted by atomic mass is 10.0. The topological polar surface area (TPSA) is 41.6 Å². The summed E-state index contributed by atoms with van der Waals surface area (Å²) in [7, 11) is 1.86.